The molecule has 1 N–H and O–H groups in total. The zero-order valence-corrected chi connectivity index (χ0v) is 8.37. The van der Waals surface area contributed by atoms with Crippen LogP contribution in [0.1, 0.15) is 18.4 Å². The third-order valence-electron chi connectivity index (χ3n) is 2.86. The molecule has 1 aliphatic heterocycles. The fourth-order valence-electron chi connectivity index (χ4n) is 2.10. The highest BCUT2D eigenvalue weighted by molar-refractivity contribution is 5.60. The lowest BCUT2D eigenvalue weighted by atomic mass is 9.96. The van der Waals surface area contributed by atoms with Gasteiger partial charge in [-0.15, -0.1) is 0 Å². The van der Waals surface area contributed by atoms with Crippen LogP contribution >= 0.6 is 0 Å². The van der Waals surface area contributed by atoms with Gasteiger partial charge in [-0.25, -0.2) is 4.39 Å². The molecule has 14 heavy (non-hydrogen) atoms. The molecule has 0 radical (unpaired) electrons. The molecule has 2 nitrogen and oxygen atoms in total. The van der Waals surface area contributed by atoms with Crippen LogP contribution in [-0.4, -0.2) is 24.8 Å². The summed E-state index contributed by atoms with van der Waals surface area (Å²) in [7, 11) is 1.92. The van der Waals surface area contributed by atoms with E-state index in [0.29, 0.717) is 12.1 Å². The minimum absolute atomic E-state index is 0.101. The fraction of sp³-hybridized carbons (Fsp3) is 0.455. The number of aliphatic hydroxyl groups is 1. The molecule has 1 aliphatic rings. The summed E-state index contributed by atoms with van der Waals surface area (Å²) in [4.78, 5) is 1.98. The Hall–Kier alpha value is -1.09. The van der Waals surface area contributed by atoms with Gasteiger partial charge in [0.15, 0.2) is 0 Å². The van der Waals surface area contributed by atoms with Gasteiger partial charge < -0.3 is 10.0 Å². The second-order valence-corrected chi connectivity index (χ2v) is 3.90. The fourth-order valence-corrected chi connectivity index (χ4v) is 2.10. The molecule has 0 saturated heterocycles. The average molecular weight is 195 g/mol. The van der Waals surface area contributed by atoms with Gasteiger partial charge in [-0.2, -0.15) is 0 Å². The lowest BCUT2D eigenvalue weighted by Gasteiger charge is -2.14. The Morgan fingerprint density at radius 1 is 1.57 bits per heavy atom. The molecular weight excluding hydrogens is 181 g/mol. The molecule has 2 unspecified atom stereocenters. The number of hydrogen-bond donors (Lipinski definition) is 1. The molecular formula is C11H14FNO. The number of benzene rings is 1. The van der Waals surface area contributed by atoms with E-state index in [1.807, 2.05) is 18.0 Å². The molecule has 0 fully saturated rings. The van der Waals surface area contributed by atoms with Gasteiger partial charge in [0.05, 0.1) is 6.10 Å². The standard InChI is InChI=1S/C11H14FNO/c1-7(14)8-6-13(2)10-5-3-4-9(12)11(8)10/h3-5,7-8,14H,6H2,1-2H3. The van der Waals surface area contributed by atoms with Crippen LogP contribution in [0.2, 0.25) is 0 Å². The number of hydrogen-bond acceptors (Lipinski definition) is 2. The van der Waals surface area contributed by atoms with E-state index in [0.717, 1.165) is 5.69 Å². The van der Waals surface area contributed by atoms with Crippen molar-refractivity contribution in [1.82, 2.24) is 0 Å². The minimum atomic E-state index is -0.504. The lowest BCUT2D eigenvalue weighted by Crippen LogP contribution is -2.21. The van der Waals surface area contributed by atoms with Crippen LogP contribution in [0.3, 0.4) is 0 Å². The number of halogens is 1. The van der Waals surface area contributed by atoms with Gasteiger partial charge in [0.2, 0.25) is 0 Å². The van der Waals surface area contributed by atoms with Crippen LogP contribution in [0.5, 0.6) is 0 Å². The van der Waals surface area contributed by atoms with E-state index in [9.17, 15) is 9.50 Å². The molecule has 1 aromatic carbocycles. The molecule has 3 heteroatoms. The van der Waals surface area contributed by atoms with Crippen molar-refractivity contribution in [3.05, 3.63) is 29.6 Å². The number of anilines is 1. The number of rotatable bonds is 1. The third kappa shape index (κ3) is 1.28. The molecule has 0 aromatic heterocycles. The van der Waals surface area contributed by atoms with E-state index >= 15 is 0 Å². The molecule has 2 atom stereocenters. The number of nitrogens with zero attached hydrogens (tertiary/aromatic N) is 1. The maximum atomic E-state index is 13.5. The van der Waals surface area contributed by atoms with Crippen molar-refractivity contribution in [3.63, 3.8) is 0 Å². The van der Waals surface area contributed by atoms with Crippen LogP contribution in [0.25, 0.3) is 0 Å². The maximum absolute atomic E-state index is 13.5. The van der Waals surface area contributed by atoms with Crippen molar-refractivity contribution in [2.75, 3.05) is 18.5 Å². The van der Waals surface area contributed by atoms with E-state index in [-0.39, 0.29) is 11.7 Å². The van der Waals surface area contributed by atoms with Gasteiger partial charge in [0, 0.05) is 30.8 Å². The highest BCUT2D eigenvalue weighted by Crippen LogP contribution is 2.38. The summed E-state index contributed by atoms with van der Waals surface area (Å²) in [6, 6.07) is 5.04. The summed E-state index contributed by atoms with van der Waals surface area (Å²) in [6.45, 7) is 2.40. The third-order valence-corrected chi connectivity index (χ3v) is 2.86. The van der Waals surface area contributed by atoms with Gasteiger partial charge >= 0.3 is 0 Å². The smallest absolute Gasteiger partial charge is 0.128 e. The van der Waals surface area contributed by atoms with Crippen molar-refractivity contribution in [3.8, 4) is 0 Å². The van der Waals surface area contributed by atoms with Crippen molar-refractivity contribution in [2.24, 2.45) is 0 Å². The van der Waals surface area contributed by atoms with Crippen molar-refractivity contribution in [1.29, 1.82) is 0 Å². The quantitative estimate of drug-likeness (QED) is 0.737. The van der Waals surface area contributed by atoms with Crippen molar-refractivity contribution >= 4 is 5.69 Å². The summed E-state index contributed by atoms with van der Waals surface area (Å²) in [5, 5.41) is 9.55. The van der Waals surface area contributed by atoms with Crippen molar-refractivity contribution in [2.45, 2.75) is 18.9 Å². The van der Waals surface area contributed by atoms with Crippen LogP contribution in [0, 0.1) is 5.82 Å². The van der Waals surface area contributed by atoms with E-state index < -0.39 is 6.10 Å². The first-order chi connectivity index (χ1) is 6.61. The summed E-state index contributed by atoms with van der Waals surface area (Å²) >= 11 is 0. The summed E-state index contributed by atoms with van der Waals surface area (Å²) in [6.07, 6.45) is -0.504. The molecule has 1 heterocycles. The zero-order chi connectivity index (χ0) is 10.3. The predicted octanol–water partition coefficient (Wildman–Crippen LogP) is 1.74. The molecule has 0 bridgehead atoms. The first-order valence-electron chi connectivity index (χ1n) is 4.79. The van der Waals surface area contributed by atoms with Crippen LogP contribution in [0.4, 0.5) is 10.1 Å². The minimum Gasteiger partial charge on any atom is -0.393 e. The highest BCUT2D eigenvalue weighted by Gasteiger charge is 2.32. The zero-order valence-electron chi connectivity index (χ0n) is 8.37. The first kappa shape index (κ1) is 9.46. The first-order valence-corrected chi connectivity index (χ1v) is 4.79. The Morgan fingerprint density at radius 3 is 2.93 bits per heavy atom. The van der Waals surface area contributed by atoms with E-state index in [1.165, 1.54) is 6.07 Å². The van der Waals surface area contributed by atoms with Gasteiger partial charge in [-0.3, -0.25) is 0 Å². The summed E-state index contributed by atoms with van der Waals surface area (Å²) in [5.74, 6) is -0.311. The number of likely N-dealkylation sites (N-methyl/N-ethyl adjacent to an activating group) is 1. The molecule has 0 saturated carbocycles. The van der Waals surface area contributed by atoms with E-state index in [4.69, 9.17) is 0 Å². The van der Waals surface area contributed by atoms with Crippen molar-refractivity contribution < 1.29 is 9.50 Å². The Balaban J connectivity index is 2.51. The second kappa shape index (κ2) is 3.24. The lowest BCUT2D eigenvalue weighted by molar-refractivity contribution is 0.166. The molecule has 0 aliphatic carbocycles. The Bertz CT molecular complexity index is 351. The molecule has 0 spiro atoms. The van der Waals surface area contributed by atoms with E-state index in [1.54, 1.807) is 13.0 Å². The van der Waals surface area contributed by atoms with E-state index in [2.05, 4.69) is 0 Å². The van der Waals surface area contributed by atoms with Gasteiger partial charge in [-0.1, -0.05) is 6.07 Å². The van der Waals surface area contributed by atoms with Crippen LogP contribution < -0.4 is 4.90 Å². The number of aliphatic hydroxyl groups excluding tert-OH is 1. The largest absolute Gasteiger partial charge is 0.393 e. The average Bonchev–Trinajstić information content (AvgIpc) is 2.46. The van der Waals surface area contributed by atoms with Crippen LogP contribution in [-0.2, 0) is 0 Å². The monoisotopic (exact) mass is 195 g/mol. The Labute approximate surface area is 83.0 Å². The number of fused-ring (bicyclic) bond motifs is 1. The van der Waals surface area contributed by atoms with Gasteiger partial charge in [0.1, 0.15) is 5.82 Å². The predicted molar refractivity (Wildman–Crippen MR) is 54.1 cm³/mol. The molecule has 2 rings (SSSR count). The van der Waals surface area contributed by atoms with Gasteiger partial charge in [0.25, 0.3) is 0 Å². The van der Waals surface area contributed by atoms with Gasteiger partial charge in [-0.05, 0) is 19.1 Å². The molecule has 1 aromatic rings. The Morgan fingerprint density at radius 2 is 2.29 bits per heavy atom. The summed E-state index contributed by atoms with van der Waals surface area (Å²) in [5.41, 5.74) is 1.56. The SMILES string of the molecule is CC(O)C1CN(C)c2cccc(F)c21. The maximum Gasteiger partial charge on any atom is 0.128 e. The molecule has 0 amide bonds. The normalized spacial score (nSPS) is 22.3. The second-order valence-electron chi connectivity index (χ2n) is 3.90. The highest BCUT2D eigenvalue weighted by atomic mass is 19.1. The summed E-state index contributed by atoms with van der Waals surface area (Å²) < 4.78 is 13.5. The topological polar surface area (TPSA) is 23.5 Å². The van der Waals surface area contributed by atoms with Crippen LogP contribution in [0.15, 0.2) is 18.2 Å². The Kier molecular flexibility index (Phi) is 2.19. The molecule has 76 valence electrons.